The second-order valence-corrected chi connectivity index (χ2v) is 6.43. The second-order valence-electron chi connectivity index (χ2n) is 6.43. The van der Waals surface area contributed by atoms with Gasteiger partial charge >= 0.3 is 6.03 Å². The lowest BCUT2D eigenvalue weighted by Crippen LogP contribution is -2.55. The van der Waals surface area contributed by atoms with Crippen LogP contribution in [0, 0.1) is 13.8 Å². The molecule has 0 aliphatic carbocycles. The lowest BCUT2D eigenvalue weighted by Gasteiger charge is -2.39. The number of likely N-dealkylation sites (tertiary alicyclic amines) is 1. The van der Waals surface area contributed by atoms with E-state index in [1.807, 2.05) is 34.7 Å². The summed E-state index contributed by atoms with van der Waals surface area (Å²) in [6.45, 7) is 8.30. The summed E-state index contributed by atoms with van der Waals surface area (Å²) in [7, 11) is 0. The number of aryl methyl sites for hydroxylation is 2. The van der Waals surface area contributed by atoms with Gasteiger partial charge in [-0.3, -0.25) is 4.68 Å². The van der Waals surface area contributed by atoms with E-state index in [2.05, 4.69) is 42.5 Å². The number of benzene rings is 1. The smallest absolute Gasteiger partial charge is 0.317 e. The molecule has 1 aliphatic rings. The van der Waals surface area contributed by atoms with E-state index in [9.17, 15) is 4.79 Å². The third-order valence-corrected chi connectivity index (χ3v) is 4.47. The molecule has 2 amide bonds. The van der Waals surface area contributed by atoms with Crippen LogP contribution in [0.15, 0.2) is 36.4 Å². The average molecular weight is 312 g/mol. The zero-order chi connectivity index (χ0) is 16.4. The first-order valence-electron chi connectivity index (χ1n) is 8.15. The highest BCUT2D eigenvalue weighted by atomic mass is 16.2. The third kappa shape index (κ3) is 3.38. The van der Waals surface area contributed by atoms with Crippen molar-refractivity contribution in [1.82, 2.24) is 20.0 Å². The first-order valence-corrected chi connectivity index (χ1v) is 8.15. The fraction of sp³-hybridized carbons (Fsp3) is 0.444. The minimum Gasteiger partial charge on any atom is -0.337 e. The van der Waals surface area contributed by atoms with E-state index in [4.69, 9.17) is 0 Å². The predicted molar refractivity (Wildman–Crippen MR) is 90.6 cm³/mol. The van der Waals surface area contributed by atoms with Crippen LogP contribution in [-0.2, 0) is 0 Å². The van der Waals surface area contributed by atoms with Gasteiger partial charge in [0.1, 0.15) is 0 Å². The minimum atomic E-state index is 0.0190. The summed E-state index contributed by atoms with van der Waals surface area (Å²) in [5, 5.41) is 7.53. The van der Waals surface area contributed by atoms with Crippen LogP contribution in [0.5, 0.6) is 0 Å². The number of rotatable bonds is 4. The van der Waals surface area contributed by atoms with Gasteiger partial charge in [-0.2, -0.15) is 5.10 Å². The molecule has 5 heteroatoms. The Hall–Kier alpha value is -2.30. The monoisotopic (exact) mass is 312 g/mol. The number of hydrogen-bond donors (Lipinski definition) is 1. The van der Waals surface area contributed by atoms with Gasteiger partial charge in [-0.1, -0.05) is 37.3 Å². The number of carbonyl (C=O) groups excluding carboxylic acids is 1. The zero-order valence-electron chi connectivity index (χ0n) is 14.0. The summed E-state index contributed by atoms with van der Waals surface area (Å²) in [4.78, 5) is 14.1. The zero-order valence-corrected chi connectivity index (χ0v) is 14.0. The van der Waals surface area contributed by atoms with Crippen molar-refractivity contribution in [3.05, 3.63) is 53.3 Å². The van der Waals surface area contributed by atoms with Crippen LogP contribution in [0.2, 0.25) is 0 Å². The molecular formula is C18H24N4O. The molecule has 0 radical (unpaired) electrons. The molecular weight excluding hydrogens is 288 g/mol. The molecule has 1 fully saturated rings. The van der Waals surface area contributed by atoms with Gasteiger partial charge in [0.05, 0.1) is 11.7 Å². The molecule has 1 N–H and O–H groups in total. The number of hydrogen-bond acceptors (Lipinski definition) is 2. The van der Waals surface area contributed by atoms with Gasteiger partial charge in [-0.05, 0) is 31.4 Å². The molecule has 3 rings (SSSR count). The van der Waals surface area contributed by atoms with E-state index >= 15 is 0 Å². The van der Waals surface area contributed by atoms with Gasteiger partial charge in [0.2, 0.25) is 0 Å². The average Bonchev–Trinajstić information content (AvgIpc) is 2.83. The Morgan fingerprint density at radius 2 is 2.00 bits per heavy atom. The maximum Gasteiger partial charge on any atom is 0.317 e. The minimum absolute atomic E-state index is 0.0190. The van der Waals surface area contributed by atoms with E-state index in [1.165, 1.54) is 5.56 Å². The van der Waals surface area contributed by atoms with E-state index in [1.54, 1.807) is 0 Å². The number of urea groups is 1. The quantitative estimate of drug-likeness (QED) is 0.944. The molecule has 2 heterocycles. The summed E-state index contributed by atoms with van der Waals surface area (Å²) >= 11 is 0. The van der Waals surface area contributed by atoms with Crippen molar-refractivity contribution < 1.29 is 4.79 Å². The summed E-state index contributed by atoms with van der Waals surface area (Å²) < 4.78 is 2.03. The van der Waals surface area contributed by atoms with Crippen molar-refractivity contribution >= 4 is 6.03 Å². The van der Waals surface area contributed by atoms with Crippen molar-refractivity contribution in [3.63, 3.8) is 0 Å². The van der Waals surface area contributed by atoms with Crippen molar-refractivity contribution in [1.29, 1.82) is 0 Å². The summed E-state index contributed by atoms with van der Waals surface area (Å²) in [5.41, 5.74) is 3.43. The van der Waals surface area contributed by atoms with Gasteiger partial charge in [-0.25, -0.2) is 4.79 Å². The Bertz CT molecular complexity index is 674. The number of nitrogens with one attached hydrogen (secondary N) is 1. The van der Waals surface area contributed by atoms with E-state index < -0.39 is 0 Å². The van der Waals surface area contributed by atoms with E-state index in [-0.39, 0.29) is 6.03 Å². The van der Waals surface area contributed by atoms with E-state index in [0.717, 1.165) is 24.5 Å². The van der Waals surface area contributed by atoms with Crippen molar-refractivity contribution in [2.45, 2.75) is 32.7 Å². The van der Waals surface area contributed by atoms with Crippen molar-refractivity contribution in [2.24, 2.45) is 0 Å². The summed E-state index contributed by atoms with van der Waals surface area (Å²) in [6.07, 6.45) is 0. The Balaban J connectivity index is 1.47. The Kier molecular flexibility index (Phi) is 4.37. The van der Waals surface area contributed by atoms with Gasteiger partial charge in [-0.15, -0.1) is 0 Å². The Morgan fingerprint density at radius 3 is 2.61 bits per heavy atom. The number of nitrogens with zero attached hydrogens (tertiary/aromatic N) is 3. The van der Waals surface area contributed by atoms with Crippen LogP contribution >= 0.6 is 0 Å². The molecule has 1 unspecified atom stereocenters. The van der Waals surface area contributed by atoms with Gasteiger partial charge in [0, 0.05) is 25.3 Å². The molecule has 5 nitrogen and oxygen atoms in total. The highest BCUT2D eigenvalue weighted by Crippen LogP contribution is 2.22. The van der Waals surface area contributed by atoms with Gasteiger partial charge in [0.25, 0.3) is 0 Å². The van der Waals surface area contributed by atoms with Gasteiger partial charge < -0.3 is 10.2 Å². The molecule has 1 aromatic heterocycles. The molecule has 2 aromatic rings. The van der Waals surface area contributed by atoms with Crippen LogP contribution in [0.1, 0.15) is 35.8 Å². The predicted octanol–water partition coefficient (Wildman–Crippen LogP) is 2.87. The van der Waals surface area contributed by atoms with Gasteiger partial charge in [0.15, 0.2) is 0 Å². The molecule has 122 valence electrons. The SMILES string of the molecule is Cc1cc(C)n(C2CN(C(=O)NCC(C)c3ccccc3)C2)n1. The normalized spacial score (nSPS) is 16.0. The Labute approximate surface area is 137 Å². The highest BCUT2D eigenvalue weighted by molar-refractivity contribution is 5.75. The van der Waals surface area contributed by atoms with Crippen LogP contribution in [0.25, 0.3) is 0 Å². The molecule has 23 heavy (non-hydrogen) atoms. The van der Waals surface area contributed by atoms with Crippen LogP contribution in [0.4, 0.5) is 4.79 Å². The largest absolute Gasteiger partial charge is 0.337 e. The van der Waals surface area contributed by atoms with Crippen LogP contribution in [0.3, 0.4) is 0 Å². The van der Waals surface area contributed by atoms with Crippen LogP contribution < -0.4 is 5.32 Å². The van der Waals surface area contributed by atoms with E-state index in [0.29, 0.717) is 18.5 Å². The maximum atomic E-state index is 12.2. The fourth-order valence-corrected chi connectivity index (χ4v) is 3.04. The van der Waals surface area contributed by atoms with Crippen molar-refractivity contribution in [3.8, 4) is 0 Å². The van der Waals surface area contributed by atoms with Crippen LogP contribution in [-0.4, -0.2) is 40.3 Å². The fourth-order valence-electron chi connectivity index (χ4n) is 3.04. The first kappa shape index (κ1) is 15.6. The highest BCUT2D eigenvalue weighted by Gasteiger charge is 2.33. The molecule has 1 aromatic carbocycles. The maximum absolute atomic E-state index is 12.2. The number of carbonyl (C=O) groups is 1. The molecule has 1 saturated heterocycles. The summed E-state index contributed by atoms with van der Waals surface area (Å²) in [6, 6.07) is 12.7. The Morgan fingerprint density at radius 1 is 1.30 bits per heavy atom. The standard InChI is InChI=1S/C18H24N4O/c1-13(16-7-5-4-6-8-16)10-19-18(23)21-11-17(12-21)22-15(3)9-14(2)20-22/h4-9,13,17H,10-12H2,1-3H3,(H,19,23). The lowest BCUT2D eigenvalue weighted by atomic mass is 10.0. The molecule has 1 aliphatic heterocycles. The number of amides is 2. The topological polar surface area (TPSA) is 50.2 Å². The molecule has 0 spiro atoms. The lowest BCUT2D eigenvalue weighted by molar-refractivity contribution is 0.117. The molecule has 1 atom stereocenters. The second kappa shape index (κ2) is 6.44. The molecule has 0 saturated carbocycles. The third-order valence-electron chi connectivity index (χ3n) is 4.47. The molecule has 0 bridgehead atoms. The number of aromatic nitrogens is 2. The summed E-state index contributed by atoms with van der Waals surface area (Å²) in [5.74, 6) is 0.313. The first-order chi connectivity index (χ1) is 11.0. The van der Waals surface area contributed by atoms with Crippen molar-refractivity contribution in [2.75, 3.05) is 19.6 Å².